The van der Waals surface area contributed by atoms with E-state index in [1.54, 1.807) is 0 Å². The molecular formula is C18H25NO2. The number of hydrogen-bond donors (Lipinski definition) is 0. The van der Waals surface area contributed by atoms with Gasteiger partial charge in [0.2, 0.25) is 0 Å². The first-order valence-corrected chi connectivity index (χ1v) is 7.92. The van der Waals surface area contributed by atoms with Gasteiger partial charge < -0.3 is 9.47 Å². The van der Waals surface area contributed by atoms with Gasteiger partial charge in [0, 0.05) is 19.1 Å². The van der Waals surface area contributed by atoms with E-state index in [0.717, 1.165) is 31.9 Å². The zero-order valence-corrected chi connectivity index (χ0v) is 13.3. The van der Waals surface area contributed by atoms with Crippen molar-refractivity contribution in [2.75, 3.05) is 26.3 Å². The van der Waals surface area contributed by atoms with Crippen LogP contribution in [0.5, 0.6) is 5.75 Å². The summed E-state index contributed by atoms with van der Waals surface area (Å²) in [5.74, 6) is 0.952. The van der Waals surface area contributed by atoms with Crippen molar-refractivity contribution in [1.29, 1.82) is 0 Å². The summed E-state index contributed by atoms with van der Waals surface area (Å²) in [6.07, 6.45) is 3.50. The highest BCUT2D eigenvalue weighted by Crippen LogP contribution is 2.30. The normalized spacial score (nSPS) is 22.3. The SMILES string of the molecule is CC1=CCc2ccc(OCC3CN(C(C)C)CCO3)cc21. The molecule has 3 rings (SSSR count). The third-order valence-corrected chi connectivity index (χ3v) is 4.47. The number of rotatable bonds is 4. The van der Waals surface area contributed by atoms with Gasteiger partial charge in [-0.2, -0.15) is 0 Å². The molecule has 0 saturated carbocycles. The molecule has 1 saturated heterocycles. The predicted octanol–water partition coefficient (Wildman–Crippen LogP) is 3.13. The standard InChI is InChI=1S/C18H25NO2/c1-13(2)19-8-9-20-17(11-19)12-21-16-7-6-15-5-4-14(3)18(15)10-16/h4,6-7,10,13,17H,5,8-9,11-12H2,1-3H3. The van der Waals surface area contributed by atoms with Crippen molar-refractivity contribution in [2.45, 2.75) is 39.3 Å². The average Bonchev–Trinajstić information content (AvgIpc) is 2.86. The van der Waals surface area contributed by atoms with Crippen LogP contribution in [0.2, 0.25) is 0 Å². The Morgan fingerprint density at radius 1 is 1.38 bits per heavy atom. The van der Waals surface area contributed by atoms with Crippen LogP contribution in [0, 0.1) is 0 Å². The van der Waals surface area contributed by atoms with E-state index in [1.165, 1.54) is 16.7 Å². The number of nitrogens with zero attached hydrogens (tertiary/aromatic N) is 1. The molecule has 0 amide bonds. The monoisotopic (exact) mass is 287 g/mol. The fraction of sp³-hybridized carbons (Fsp3) is 0.556. The first-order valence-electron chi connectivity index (χ1n) is 7.92. The van der Waals surface area contributed by atoms with E-state index in [-0.39, 0.29) is 6.10 Å². The van der Waals surface area contributed by atoms with Crippen LogP contribution in [-0.2, 0) is 11.2 Å². The molecule has 0 spiro atoms. The zero-order valence-electron chi connectivity index (χ0n) is 13.3. The summed E-state index contributed by atoms with van der Waals surface area (Å²) >= 11 is 0. The third-order valence-electron chi connectivity index (χ3n) is 4.47. The average molecular weight is 287 g/mol. The molecule has 1 aromatic rings. The van der Waals surface area contributed by atoms with Gasteiger partial charge in [0.05, 0.1) is 6.61 Å². The smallest absolute Gasteiger partial charge is 0.120 e. The van der Waals surface area contributed by atoms with Crippen LogP contribution in [-0.4, -0.2) is 43.3 Å². The minimum atomic E-state index is 0.172. The van der Waals surface area contributed by atoms with E-state index in [0.29, 0.717) is 12.6 Å². The van der Waals surface area contributed by atoms with Gasteiger partial charge in [-0.3, -0.25) is 4.90 Å². The number of fused-ring (bicyclic) bond motifs is 1. The van der Waals surface area contributed by atoms with Crippen molar-refractivity contribution in [2.24, 2.45) is 0 Å². The number of morpholine rings is 1. The van der Waals surface area contributed by atoms with E-state index < -0.39 is 0 Å². The molecule has 3 nitrogen and oxygen atoms in total. The third kappa shape index (κ3) is 3.30. The van der Waals surface area contributed by atoms with Gasteiger partial charge in [-0.05, 0) is 56.0 Å². The van der Waals surface area contributed by atoms with Gasteiger partial charge in [0.15, 0.2) is 0 Å². The first-order chi connectivity index (χ1) is 10.1. The molecule has 0 radical (unpaired) electrons. The molecule has 1 fully saturated rings. The Morgan fingerprint density at radius 2 is 2.24 bits per heavy atom. The first kappa shape index (κ1) is 14.6. The molecule has 1 heterocycles. The van der Waals surface area contributed by atoms with Crippen LogP contribution in [0.15, 0.2) is 24.3 Å². The van der Waals surface area contributed by atoms with Crippen LogP contribution in [0.25, 0.3) is 5.57 Å². The molecular weight excluding hydrogens is 262 g/mol. The van der Waals surface area contributed by atoms with Crippen LogP contribution >= 0.6 is 0 Å². The van der Waals surface area contributed by atoms with Crippen molar-refractivity contribution in [3.8, 4) is 5.75 Å². The van der Waals surface area contributed by atoms with Crippen molar-refractivity contribution in [1.82, 2.24) is 4.90 Å². The van der Waals surface area contributed by atoms with Gasteiger partial charge in [-0.15, -0.1) is 0 Å². The highest BCUT2D eigenvalue weighted by atomic mass is 16.5. The largest absolute Gasteiger partial charge is 0.491 e. The maximum Gasteiger partial charge on any atom is 0.120 e. The highest BCUT2D eigenvalue weighted by molar-refractivity contribution is 5.72. The summed E-state index contributed by atoms with van der Waals surface area (Å²) in [6, 6.07) is 7.00. The fourth-order valence-electron chi connectivity index (χ4n) is 3.06. The highest BCUT2D eigenvalue weighted by Gasteiger charge is 2.22. The van der Waals surface area contributed by atoms with Crippen LogP contribution in [0.1, 0.15) is 31.9 Å². The van der Waals surface area contributed by atoms with Gasteiger partial charge in [0.25, 0.3) is 0 Å². The Balaban J connectivity index is 1.58. The molecule has 0 aromatic heterocycles. The maximum atomic E-state index is 5.97. The lowest BCUT2D eigenvalue weighted by molar-refractivity contribution is -0.0564. The van der Waals surface area contributed by atoms with E-state index in [9.17, 15) is 0 Å². The minimum absolute atomic E-state index is 0.172. The Morgan fingerprint density at radius 3 is 3.05 bits per heavy atom. The Kier molecular flexibility index (Phi) is 4.32. The number of ether oxygens (including phenoxy) is 2. The molecule has 0 bridgehead atoms. The lowest BCUT2D eigenvalue weighted by Crippen LogP contribution is -2.47. The summed E-state index contributed by atoms with van der Waals surface area (Å²) < 4.78 is 11.8. The van der Waals surface area contributed by atoms with Gasteiger partial charge in [0.1, 0.15) is 18.5 Å². The van der Waals surface area contributed by atoms with Crippen LogP contribution in [0.3, 0.4) is 0 Å². The predicted molar refractivity (Wildman–Crippen MR) is 85.7 cm³/mol. The summed E-state index contributed by atoms with van der Waals surface area (Å²) in [7, 11) is 0. The second-order valence-corrected chi connectivity index (χ2v) is 6.30. The molecule has 114 valence electrons. The van der Waals surface area contributed by atoms with Crippen molar-refractivity contribution >= 4 is 5.57 Å². The zero-order chi connectivity index (χ0) is 14.8. The summed E-state index contributed by atoms with van der Waals surface area (Å²) in [4.78, 5) is 2.45. The van der Waals surface area contributed by atoms with Gasteiger partial charge >= 0.3 is 0 Å². The minimum Gasteiger partial charge on any atom is -0.491 e. The second-order valence-electron chi connectivity index (χ2n) is 6.30. The van der Waals surface area contributed by atoms with Gasteiger partial charge in [-0.25, -0.2) is 0 Å². The molecule has 2 aliphatic rings. The van der Waals surface area contributed by atoms with E-state index >= 15 is 0 Å². The molecule has 21 heavy (non-hydrogen) atoms. The quantitative estimate of drug-likeness (QED) is 0.849. The van der Waals surface area contributed by atoms with E-state index in [1.807, 2.05) is 0 Å². The van der Waals surface area contributed by atoms with Crippen LogP contribution < -0.4 is 4.74 Å². The second kappa shape index (κ2) is 6.20. The van der Waals surface area contributed by atoms with Gasteiger partial charge in [-0.1, -0.05) is 12.1 Å². The van der Waals surface area contributed by atoms with Crippen molar-refractivity contribution in [3.05, 3.63) is 35.4 Å². The number of hydrogen-bond acceptors (Lipinski definition) is 3. The fourth-order valence-corrected chi connectivity index (χ4v) is 3.06. The molecule has 1 atom stereocenters. The molecule has 3 heteroatoms. The maximum absolute atomic E-state index is 5.97. The molecule has 0 N–H and O–H groups in total. The topological polar surface area (TPSA) is 21.7 Å². The Bertz CT molecular complexity index is 536. The summed E-state index contributed by atoms with van der Waals surface area (Å²) in [5.41, 5.74) is 4.09. The molecule has 1 aromatic carbocycles. The van der Waals surface area contributed by atoms with Crippen molar-refractivity contribution in [3.63, 3.8) is 0 Å². The van der Waals surface area contributed by atoms with E-state index in [4.69, 9.17) is 9.47 Å². The summed E-state index contributed by atoms with van der Waals surface area (Å²) in [5, 5.41) is 0. The number of benzene rings is 1. The number of allylic oxidation sites excluding steroid dienone is 2. The van der Waals surface area contributed by atoms with E-state index in [2.05, 4.69) is 49.9 Å². The Hall–Kier alpha value is -1.32. The molecule has 1 unspecified atom stereocenters. The lowest BCUT2D eigenvalue weighted by Gasteiger charge is -2.35. The van der Waals surface area contributed by atoms with Crippen LogP contribution in [0.4, 0.5) is 0 Å². The Labute approximate surface area is 127 Å². The van der Waals surface area contributed by atoms with Crippen molar-refractivity contribution < 1.29 is 9.47 Å². The molecule has 1 aliphatic carbocycles. The summed E-state index contributed by atoms with van der Waals surface area (Å²) in [6.45, 7) is 10.1. The molecule has 1 aliphatic heterocycles. The lowest BCUT2D eigenvalue weighted by atomic mass is 10.1.